The van der Waals surface area contributed by atoms with Gasteiger partial charge < -0.3 is 20.4 Å². The van der Waals surface area contributed by atoms with Crippen molar-refractivity contribution in [1.82, 2.24) is 20.6 Å². The second kappa shape index (κ2) is 11.8. The fourth-order valence-corrected chi connectivity index (χ4v) is 3.16. The highest BCUT2D eigenvalue weighted by atomic mass is 127. The zero-order chi connectivity index (χ0) is 20.6. The van der Waals surface area contributed by atoms with E-state index in [1.807, 2.05) is 32.0 Å². The first-order valence-electron chi connectivity index (χ1n) is 10.2. The van der Waals surface area contributed by atoms with Crippen molar-refractivity contribution in [2.24, 2.45) is 4.99 Å². The molecule has 0 fully saturated rings. The molecule has 0 unspecified atom stereocenters. The lowest BCUT2D eigenvalue weighted by molar-refractivity contribution is 0.239. The number of para-hydroxylation sites is 2. The highest BCUT2D eigenvalue weighted by Crippen LogP contribution is 2.21. The normalized spacial score (nSPS) is 11.4. The van der Waals surface area contributed by atoms with Crippen molar-refractivity contribution in [2.75, 3.05) is 13.6 Å². The van der Waals surface area contributed by atoms with Crippen molar-refractivity contribution in [2.45, 2.75) is 46.3 Å². The Morgan fingerprint density at radius 3 is 2.70 bits per heavy atom. The van der Waals surface area contributed by atoms with Crippen LogP contribution in [0.2, 0.25) is 0 Å². The molecule has 0 radical (unpaired) electrons. The number of H-pyrrole nitrogens is 1. The minimum absolute atomic E-state index is 0. The summed E-state index contributed by atoms with van der Waals surface area (Å²) < 4.78 is 5.95. The molecule has 2 aromatic carbocycles. The number of aromatic nitrogens is 2. The van der Waals surface area contributed by atoms with E-state index >= 15 is 0 Å². The molecular weight excluding hydrogens is 489 g/mol. The molecular formula is C23H32IN5O. The zero-order valence-electron chi connectivity index (χ0n) is 18.2. The van der Waals surface area contributed by atoms with Gasteiger partial charge in [0.05, 0.1) is 17.1 Å². The van der Waals surface area contributed by atoms with E-state index < -0.39 is 0 Å². The van der Waals surface area contributed by atoms with Crippen LogP contribution in [-0.4, -0.2) is 35.6 Å². The van der Waals surface area contributed by atoms with Gasteiger partial charge in [0, 0.05) is 32.1 Å². The summed E-state index contributed by atoms with van der Waals surface area (Å²) in [5.41, 5.74) is 4.42. The third-order valence-corrected chi connectivity index (χ3v) is 4.58. The van der Waals surface area contributed by atoms with Crippen molar-refractivity contribution in [3.8, 4) is 5.75 Å². The maximum absolute atomic E-state index is 5.95. The minimum atomic E-state index is 0. The summed E-state index contributed by atoms with van der Waals surface area (Å²) >= 11 is 0. The van der Waals surface area contributed by atoms with E-state index in [2.05, 4.69) is 56.8 Å². The number of aryl methyl sites for hydroxylation is 2. The number of hydrogen-bond donors (Lipinski definition) is 3. The van der Waals surface area contributed by atoms with Crippen LogP contribution in [0.4, 0.5) is 0 Å². The van der Waals surface area contributed by atoms with Crippen molar-refractivity contribution in [3.63, 3.8) is 0 Å². The molecule has 162 valence electrons. The SMILES string of the molecule is CN=C(NCCCc1nc2ccccc2[nH]1)NCc1ccc(C)cc1OC(C)C.I. The molecule has 6 nitrogen and oxygen atoms in total. The Labute approximate surface area is 196 Å². The Kier molecular flexibility index (Phi) is 9.42. The molecule has 0 saturated heterocycles. The highest BCUT2D eigenvalue weighted by Gasteiger charge is 2.08. The number of ether oxygens (including phenoxy) is 1. The van der Waals surface area contributed by atoms with Crippen molar-refractivity contribution in [3.05, 3.63) is 59.4 Å². The monoisotopic (exact) mass is 521 g/mol. The van der Waals surface area contributed by atoms with Gasteiger partial charge in [-0.1, -0.05) is 24.3 Å². The lowest BCUT2D eigenvalue weighted by Crippen LogP contribution is -2.37. The first kappa shape index (κ1) is 24.0. The Morgan fingerprint density at radius 2 is 1.97 bits per heavy atom. The van der Waals surface area contributed by atoms with E-state index in [4.69, 9.17) is 4.74 Å². The number of aliphatic imine (C=N–C) groups is 1. The van der Waals surface area contributed by atoms with Crippen molar-refractivity contribution < 1.29 is 4.74 Å². The topological polar surface area (TPSA) is 74.3 Å². The standard InChI is InChI=1S/C23H31N5O.HI/c1-16(2)29-21-14-17(3)11-12-18(21)15-26-23(24-4)25-13-7-10-22-27-19-8-5-6-9-20(19)28-22;/h5-6,8-9,11-12,14,16H,7,10,13,15H2,1-4H3,(H,27,28)(H2,24,25,26);1H. The number of imidazole rings is 1. The van der Waals surface area contributed by atoms with Gasteiger partial charge in [-0.15, -0.1) is 24.0 Å². The molecule has 0 aliphatic heterocycles. The molecule has 3 rings (SSSR count). The zero-order valence-corrected chi connectivity index (χ0v) is 20.5. The van der Waals surface area contributed by atoms with E-state index in [0.29, 0.717) is 6.54 Å². The van der Waals surface area contributed by atoms with Gasteiger partial charge in [-0.3, -0.25) is 4.99 Å². The molecule has 3 N–H and O–H groups in total. The molecule has 0 atom stereocenters. The quantitative estimate of drug-likeness (QED) is 0.176. The number of halogens is 1. The number of nitrogens with one attached hydrogen (secondary N) is 3. The van der Waals surface area contributed by atoms with Gasteiger partial charge in [-0.05, 0) is 51.0 Å². The van der Waals surface area contributed by atoms with Crippen LogP contribution in [0, 0.1) is 6.92 Å². The Bertz CT molecular complexity index is 934. The minimum Gasteiger partial charge on any atom is -0.491 e. The number of benzene rings is 2. The predicted molar refractivity (Wildman–Crippen MR) is 135 cm³/mol. The summed E-state index contributed by atoms with van der Waals surface area (Å²) in [5, 5.41) is 6.75. The van der Waals surface area contributed by atoms with Gasteiger partial charge in [0.15, 0.2) is 5.96 Å². The van der Waals surface area contributed by atoms with Crippen LogP contribution in [0.1, 0.15) is 37.2 Å². The maximum atomic E-state index is 5.95. The second-order valence-corrected chi connectivity index (χ2v) is 7.43. The van der Waals surface area contributed by atoms with Gasteiger partial charge in [0.25, 0.3) is 0 Å². The summed E-state index contributed by atoms with van der Waals surface area (Å²) in [4.78, 5) is 12.3. The number of aromatic amines is 1. The molecule has 0 bridgehead atoms. The third-order valence-electron chi connectivity index (χ3n) is 4.58. The molecule has 0 aliphatic carbocycles. The Hall–Kier alpha value is -2.29. The molecule has 0 spiro atoms. The first-order chi connectivity index (χ1) is 14.0. The largest absolute Gasteiger partial charge is 0.491 e. The Balaban J connectivity index is 0.00000320. The summed E-state index contributed by atoms with van der Waals surface area (Å²) in [6.45, 7) is 7.64. The molecule has 0 amide bonds. The number of fused-ring (bicyclic) bond motifs is 1. The van der Waals surface area contributed by atoms with Crippen LogP contribution in [0.25, 0.3) is 11.0 Å². The summed E-state index contributed by atoms with van der Waals surface area (Å²) in [6.07, 6.45) is 2.00. The molecule has 3 aromatic rings. The van der Waals surface area contributed by atoms with Crippen LogP contribution in [0.5, 0.6) is 5.75 Å². The average Bonchev–Trinajstić information content (AvgIpc) is 3.11. The molecule has 7 heteroatoms. The molecule has 0 aliphatic rings. The summed E-state index contributed by atoms with van der Waals surface area (Å²) in [7, 11) is 1.79. The van der Waals surface area contributed by atoms with Crippen LogP contribution < -0.4 is 15.4 Å². The van der Waals surface area contributed by atoms with E-state index in [1.54, 1.807) is 7.05 Å². The Morgan fingerprint density at radius 1 is 1.17 bits per heavy atom. The van der Waals surface area contributed by atoms with Gasteiger partial charge in [-0.25, -0.2) is 4.98 Å². The average molecular weight is 521 g/mol. The number of guanidine groups is 1. The van der Waals surface area contributed by atoms with E-state index in [0.717, 1.165) is 53.5 Å². The third kappa shape index (κ3) is 6.90. The fraction of sp³-hybridized carbons (Fsp3) is 0.391. The lowest BCUT2D eigenvalue weighted by atomic mass is 10.1. The van der Waals surface area contributed by atoms with Gasteiger partial charge in [-0.2, -0.15) is 0 Å². The predicted octanol–water partition coefficient (Wildman–Crippen LogP) is 4.57. The first-order valence-corrected chi connectivity index (χ1v) is 10.2. The van der Waals surface area contributed by atoms with E-state index in [1.165, 1.54) is 5.56 Å². The van der Waals surface area contributed by atoms with Crippen LogP contribution in [-0.2, 0) is 13.0 Å². The second-order valence-electron chi connectivity index (χ2n) is 7.43. The molecule has 1 heterocycles. The maximum Gasteiger partial charge on any atom is 0.191 e. The van der Waals surface area contributed by atoms with Gasteiger partial charge in [0.2, 0.25) is 0 Å². The van der Waals surface area contributed by atoms with E-state index in [-0.39, 0.29) is 30.1 Å². The molecule has 30 heavy (non-hydrogen) atoms. The summed E-state index contributed by atoms with van der Waals surface area (Å²) in [6, 6.07) is 14.4. The highest BCUT2D eigenvalue weighted by molar-refractivity contribution is 14.0. The number of rotatable bonds is 8. The van der Waals surface area contributed by atoms with Gasteiger partial charge in [0.1, 0.15) is 11.6 Å². The van der Waals surface area contributed by atoms with Crippen LogP contribution in [0.15, 0.2) is 47.5 Å². The molecule has 1 aromatic heterocycles. The summed E-state index contributed by atoms with van der Waals surface area (Å²) in [5.74, 6) is 2.73. The molecule has 0 saturated carbocycles. The van der Waals surface area contributed by atoms with Crippen molar-refractivity contribution >= 4 is 41.0 Å². The van der Waals surface area contributed by atoms with Crippen molar-refractivity contribution in [1.29, 1.82) is 0 Å². The number of hydrogen-bond acceptors (Lipinski definition) is 3. The van der Waals surface area contributed by atoms with Gasteiger partial charge >= 0.3 is 0 Å². The van der Waals surface area contributed by atoms with Crippen LogP contribution >= 0.6 is 24.0 Å². The number of nitrogens with zero attached hydrogens (tertiary/aromatic N) is 2. The smallest absolute Gasteiger partial charge is 0.191 e. The lowest BCUT2D eigenvalue weighted by Gasteiger charge is -2.17. The van der Waals surface area contributed by atoms with E-state index in [9.17, 15) is 0 Å². The fourth-order valence-electron chi connectivity index (χ4n) is 3.16. The van der Waals surface area contributed by atoms with Crippen LogP contribution in [0.3, 0.4) is 0 Å².